The average molecular weight is 219 g/mol. The quantitative estimate of drug-likeness (QED) is 0.705. The minimum atomic E-state index is 0.690. The Morgan fingerprint density at radius 1 is 1.82 bits per heavy atom. The lowest BCUT2D eigenvalue weighted by atomic mass is 10.3. The fraction of sp³-hybridized carbons (Fsp3) is 0.571. The van der Waals surface area contributed by atoms with E-state index in [4.69, 9.17) is 10.5 Å². The number of alkyl halides is 1. The zero-order valence-corrected chi connectivity index (χ0v) is 7.80. The van der Waals surface area contributed by atoms with Crippen LogP contribution in [0.15, 0.2) is 16.8 Å². The first kappa shape index (κ1) is 8.59. The van der Waals surface area contributed by atoms with E-state index in [0.29, 0.717) is 11.2 Å². The van der Waals surface area contributed by atoms with Crippen LogP contribution in [-0.4, -0.2) is 24.4 Å². The van der Waals surface area contributed by atoms with Crippen LogP contribution in [0.1, 0.15) is 6.42 Å². The molecular formula is C7H11BrN2O. The van der Waals surface area contributed by atoms with E-state index in [-0.39, 0.29) is 0 Å². The summed E-state index contributed by atoms with van der Waals surface area (Å²) in [6.07, 6.45) is 2.53. The number of rotatable bonds is 2. The highest BCUT2D eigenvalue weighted by molar-refractivity contribution is 9.09. The Kier molecular flexibility index (Phi) is 3.42. The van der Waals surface area contributed by atoms with Crippen molar-refractivity contribution < 1.29 is 4.74 Å². The van der Waals surface area contributed by atoms with Crippen molar-refractivity contribution in [2.45, 2.75) is 6.42 Å². The molecule has 0 unspecified atom stereocenters. The normalized spacial score (nSPS) is 19.0. The predicted molar refractivity (Wildman–Crippen MR) is 48.9 cm³/mol. The summed E-state index contributed by atoms with van der Waals surface area (Å²) >= 11 is 3.30. The first-order chi connectivity index (χ1) is 5.38. The minimum absolute atomic E-state index is 0.690. The number of hydrogen-bond acceptors (Lipinski definition) is 3. The molecule has 0 radical (unpaired) electrons. The van der Waals surface area contributed by atoms with Crippen LogP contribution in [0.5, 0.6) is 0 Å². The molecule has 3 nitrogen and oxygen atoms in total. The van der Waals surface area contributed by atoms with E-state index in [0.717, 1.165) is 25.1 Å². The van der Waals surface area contributed by atoms with E-state index in [1.54, 1.807) is 0 Å². The Labute approximate surface area is 74.4 Å². The molecule has 0 aromatic heterocycles. The lowest BCUT2D eigenvalue weighted by Crippen LogP contribution is -2.17. The molecule has 2 N–H and O–H groups in total. The zero-order valence-electron chi connectivity index (χ0n) is 6.22. The summed E-state index contributed by atoms with van der Waals surface area (Å²) < 4.78 is 5.29. The Morgan fingerprint density at radius 3 is 3.09 bits per heavy atom. The van der Waals surface area contributed by atoms with Crippen LogP contribution in [0.25, 0.3) is 0 Å². The van der Waals surface area contributed by atoms with Crippen molar-refractivity contribution in [3.8, 4) is 0 Å². The maximum atomic E-state index is 5.36. The molecule has 1 rings (SSSR count). The highest BCUT2D eigenvalue weighted by atomic mass is 79.9. The fourth-order valence-corrected chi connectivity index (χ4v) is 1.25. The largest absolute Gasteiger partial charge is 0.478 e. The van der Waals surface area contributed by atoms with Gasteiger partial charge in [-0.2, -0.15) is 0 Å². The summed E-state index contributed by atoms with van der Waals surface area (Å²) in [7, 11) is 0. The van der Waals surface area contributed by atoms with Crippen molar-refractivity contribution in [3.05, 3.63) is 11.8 Å². The molecule has 0 aromatic rings. The van der Waals surface area contributed by atoms with Crippen LogP contribution in [-0.2, 0) is 4.74 Å². The number of aliphatic imine (C=N–C) groups is 1. The molecule has 1 aliphatic rings. The van der Waals surface area contributed by atoms with Crippen LogP contribution >= 0.6 is 15.9 Å². The van der Waals surface area contributed by atoms with Gasteiger partial charge in [0.15, 0.2) is 0 Å². The van der Waals surface area contributed by atoms with Crippen LogP contribution in [0.2, 0.25) is 0 Å². The summed E-state index contributed by atoms with van der Waals surface area (Å²) in [6, 6.07) is 0. The molecule has 1 aliphatic heterocycles. The van der Waals surface area contributed by atoms with Crippen LogP contribution < -0.4 is 5.73 Å². The standard InChI is InChI=1S/C7H11BrN2O/c8-4-6(5-9)7-10-2-1-3-11-7/h5H,1-4,9H2. The molecule has 0 atom stereocenters. The van der Waals surface area contributed by atoms with Crippen molar-refractivity contribution in [2.75, 3.05) is 18.5 Å². The molecule has 0 saturated carbocycles. The van der Waals surface area contributed by atoms with Gasteiger partial charge in [-0.15, -0.1) is 0 Å². The molecule has 0 fully saturated rings. The fourth-order valence-electron chi connectivity index (χ4n) is 0.827. The molecule has 4 heteroatoms. The van der Waals surface area contributed by atoms with Crippen molar-refractivity contribution in [2.24, 2.45) is 10.7 Å². The highest BCUT2D eigenvalue weighted by Crippen LogP contribution is 2.07. The van der Waals surface area contributed by atoms with Gasteiger partial charge in [0.2, 0.25) is 5.90 Å². The van der Waals surface area contributed by atoms with Crippen LogP contribution in [0, 0.1) is 0 Å². The Balaban J connectivity index is 2.63. The van der Waals surface area contributed by atoms with Crippen molar-refractivity contribution in [3.63, 3.8) is 0 Å². The van der Waals surface area contributed by atoms with Gasteiger partial charge in [-0.3, -0.25) is 4.99 Å². The smallest absolute Gasteiger partial charge is 0.214 e. The number of nitrogens with zero attached hydrogens (tertiary/aromatic N) is 1. The van der Waals surface area contributed by atoms with Crippen molar-refractivity contribution >= 4 is 21.8 Å². The monoisotopic (exact) mass is 218 g/mol. The topological polar surface area (TPSA) is 47.6 Å². The maximum absolute atomic E-state index is 5.36. The highest BCUT2D eigenvalue weighted by Gasteiger charge is 2.09. The van der Waals surface area contributed by atoms with E-state index in [9.17, 15) is 0 Å². The van der Waals surface area contributed by atoms with Crippen LogP contribution in [0.3, 0.4) is 0 Å². The molecule has 0 aromatic carbocycles. The third-order valence-electron chi connectivity index (χ3n) is 1.42. The molecule has 0 amide bonds. The van der Waals surface area contributed by atoms with Gasteiger partial charge in [-0.25, -0.2) is 0 Å². The number of ether oxygens (including phenoxy) is 1. The summed E-state index contributed by atoms with van der Waals surface area (Å²) in [6.45, 7) is 1.60. The van der Waals surface area contributed by atoms with Gasteiger partial charge < -0.3 is 10.5 Å². The van der Waals surface area contributed by atoms with Gasteiger partial charge in [-0.05, 0) is 0 Å². The molecule has 0 spiro atoms. The first-order valence-electron chi connectivity index (χ1n) is 3.53. The zero-order chi connectivity index (χ0) is 8.10. The van der Waals surface area contributed by atoms with E-state index >= 15 is 0 Å². The summed E-state index contributed by atoms with van der Waals surface area (Å²) in [4.78, 5) is 4.19. The number of halogens is 1. The van der Waals surface area contributed by atoms with Gasteiger partial charge >= 0.3 is 0 Å². The lowest BCUT2D eigenvalue weighted by molar-refractivity contribution is 0.283. The third-order valence-corrected chi connectivity index (χ3v) is 2.02. The average Bonchev–Trinajstić information content (AvgIpc) is 2.09. The second kappa shape index (κ2) is 4.38. The van der Waals surface area contributed by atoms with Gasteiger partial charge in [0, 0.05) is 30.1 Å². The van der Waals surface area contributed by atoms with E-state index < -0.39 is 0 Å². The second-order valence-corrected chi connectivity index (χ2v) is 2.78. The summed E-state index contributed by atoms with van der Waals surface area (Å²) in [5, 5.41) is 0.697. The Hall–Kier alpha value is -0.510. The SMILES string of the molecule is NC=C(CBr)C1=NCCCO1. The minimum Gasteiger partial charge on any atom is -0.478 e. The summed E-state index contributed by atoms with van der Waals surface area (Å²) in [5.41, 5.74) is 6.28. The molecule has 0 bridgehead atoms. The third kappa shape index (κ3) is 2.22. The van der Waals surface area contributed by atoms with E-state index in [1.165, 1.54) is 6.20 Å². The van der Waals surface area contributed by atoms with Gasteiger partial charge in [0.25, 0.3) is 0 Å². The van der Waals surface area contributed by atoms with Crippen molar-refractivity contribution in [1.82, 2.24) is 0 Å². The first-order valence-corrected chi connectivity index (χ1v) is 4.65. The van der Waals surface area contributed by atoms with Gasteiger partial charge in [0.05, 0.1) is 6.61 Å². The molecule has 1 heterocycles. The predicted octanol–water partition coefficient (Wildman–Crippen LogP) is 1.04. The Bertz CT molecular complexity index is 189. The lowest BCUT2D eigenvalue weighted by Gasteiger charge is -2.14. The summed E-state index contributed by atoms with van der Waals surface area (Å²) in [5.74, 6) is 0.690. The number of hydrogen-bond donors (Lipinski definition) is 1. The number of nitrogens with two attached hydrogens (primary N) is 1. The molecular weight excluding hydrogens is 208 g/mol. The van der Waals surface area contributed by atoms with Gasteiger partial charge in [-0.1, -0.05) is 15.9 Å². The molecule has 0 aliphatic carbocycles. The molecule has 62 valence electrons. The van der Waals surface area contributed by atoms with E-state index in [1.807, 2.05) is 0 Å². The molecule has 0 saturated heterocycles. The second-order valence-electron chi connectivity index (χ2n) is 2.21. The Morgan fingerprint density at radius 2 is 2.64 bits per heavy atom. The van der Waals surface area contributed by atoms with Crippen LogP contribution in [0.4, 0.5) is 0 Å². The van der Waals surface area contributed by atoms with Gasteiger partial charge in [0.1, 0.15) is 0 Å². The van der Waals surface area contributed by atoms with Crippen molar-refractivity contribution in [1.29, 1.82) is 0 Å². The van der Waals surface area contributed by atoms with E-state index in [2.05, 4.69) is 20.9 Å². The maximum Gasteiger partial charge on any atom is 0.214 e. The molecule has 11 heavy (non-hydrogen) atoms.